The van der Waals surface area contributed by atoms with Crippen LogP contribution in [0.5, 0.6) is 0 Å². The second kappa shape index (κ2) is 12.9. The first kappa shape index (κ1) is 26.2. The second-order valence-corrected chi connectivity index (χ2v) is 10.7. The first-order valence-electron chi connectivity index (χ1n) is 12.3. The van der Waals surface area contributed by atoms with Crippen molar-refractivity contribution in [1.29, 1.82) is 0 Å². The highest BCUT2D eigenvalue weighted by atomic mass is 32.2. The Bertz CT molecular complexity index is 979. The summed E-state index contributed by atoms with van der Waals surface area (Å²) in [6.07, 6.45) is 7.62. The van der Waals surface area contributed by atoms with Crippen LogP contribution in [-0.2, 0) is 19.6 Å². The molecule has 0 saturated carbocycles. The lowest BCUT2D eigenvalue weighted by Crippen LogP contribution is -2.45. The number of carbonyl (C=O) groups excluding carboxylic acids is 2. The highest BCUT2D eigenvalue weighted by molar-refractivity contribution is 7.90. The van der Waals surface area contributed by atoms with E-state index < -0.39 is 10.0 Å². The zero-order valence-electron chi connectivity index (χ0n) is 20.0. The SMILES string of the molecule is CCCCCCNC(=O)[C@H]1CCCN(CC(=O)Nc2cccc(S(=O)(=O)NC3=NCCC3)c2)C1. The van der Waals surface area contributed by atoms with Crippen molar-refractivity contribution in [1.82, 2.24) is 14.9 Å². The smallest absolute Gasteiger partial charge is 0.262 e. The van der Waals surface area contributed by atoms with Crippen molar-refractivity contribution in [3.8, 4) is 0 Å². The van der Waals surface area contributed by atoms with Crippen LogP contribution in [-0.4, -0.2) is 63.7 Å². The number of hydrogen-bond acceptors (Lipinski definition) is 6. The third-order valence-corrected chi connectivity index (χ3v) is 7.51. The molecule has 2 amide bonds. The van der Waals surface area contributed by atoms with Gasteiger partial charge in [0.05, 0.1) is 17.4 Å². The fraction of sp³-hybridized carbons (Fsp3) is 0.625. The van der Waals surface area contributed by atoms with Crippen molar-refractivity contribution in [2.75, 3.05) is 38.0 Å². The molecule has 34 heavy (non-hydrogen) atoms. The minimum absolute atomic E-state index is 0.0684. The van der Waals surface area contributed by atoms with Crippen LogP contribution in [0.25, 0.3) is 0 Å². The normalized spacial score (nSPS) is 18.9. The van der Waals surface area contributed by atoms with Gasteiger partial charge in [0.1, 0.15) is 5.84 Å². The number of nitrogens with one attached hydrogen (secondary N) is 3. The molecule has 0 spiro atoms. The van der Waals surface area contributed by atoms with Crippen molar-refractivity contribution in [3.63, 3.8) is 0 Å². The van der Waals surface area contributed by atoms with Crippen LogP contribution < -0.4 is 15.4 Å². The number of carbonyl (C=O) groups is 2. The van der Waals surface area contributed by atoms with Gasteiger partial charge in [-0.05, 0) is 50.4 Å². The molecule has 1 aromatic carbocycles. The molecule has 10 heteroatoms. The number of sulfonamides is 1. The van der Waals surface area contributed by atoms with Crippen LogP contribution >= 0.6 is 0 Å². The maximum absolute atomic E-state index is 12.6. The molecule has 2 heterocycles. The topological polar surface area (TPSA) is 120 Å². The minimum Gasteiger partial charge on any atom is -0.356 e. The average molecular weight is 492 g/mol. The third-order valence-electron chi connectivity index (χ3n) is 6.13. The molecule has 0 bridgehead atoms. The fourth-order valence-corrected chi connectivity index (χ4v) is 5.44. The van der Waals surface area contributed by atoms with E-state index in [0.29, 0.717) is 37.6 Å². The number of aliphatic imine (C=N–C) groups is 1. The minimum atomic E-state index is -3.75. The summed E-state index contributed by atoms with van der Waals surface area (Å²) in [4.78, 5) is 31.3. The van der Waals surface area contributed by atoms with Crippen LogP contribution in [0, 0.1) is 5.92 Å². The molecule has 1 fully saturated rings. The van der Waals surface area contributed by atoms with E-state index in [4.69, 9.17) is 0 Å². The maximum Gasteiger partial charge on any atom is 0.262 e. The summed E-state index contributed by atoms with van der Waals surface area (Å²) in [5.74, 6) is 0.201. The lowest BCUT2D eigenvalue weighted by molar-refractivity contribution is -0.128. The Hall–Kier alpha value is -2.46. The predicted molar refractivity (Wildman–Crippen MR) is 133 cm³/mol. The van der Waals surface area contributed by atoms with E-state index in [1.807, 2.05) is 4.90 Å². The second-order valence-electron chi connectivity index (χ2n) is 9.04. The van der Waals surface area contributed by atoms with Crippen molar-refractivity contribution in [2.24, 2.45) is 10.9 Å². The quantitative estimate of drug-likeness (QED) is 0.411. The molecule has 188 valence electrons. The number of anilines is 1. The summed E-state index contributed by atoms with van der Waals surface area (Å²) in [5.41, 5.74) is 0.416. The van der Waals surface area contributed by atoms with E-state index in [1.165, 1.54) is 25.0 Å². The molecular formula is C24H37N5O4S. The molecule has 2 aliphatic heterocycles. The lowest BCUT2D eigenvalue weighted by atomic mass is 9.97. The van der Waals surface area contributed by atoms with Crippen molar-refractivity contribution >= 4 is 33.4 Å². The van der Waals surface area contributed by atoms with Gasteiger partial charge >= 0.3 is 0 Å². The number of amidine groups is 1. The molecule has 2 aliphatic rings. The first-order chi connectivity index (χ1) is 16.4. The Morgan fingerprint density at radius 1 is 1.18 bits per heavy atom. The molecule has 0 radical (unpaired) electrons. The molecule has 0 aromatic heterocycles. The monoisotopic (exact) mass is 491 g/mol. The van der Waals surface area contributed by atoms with E-state index in [1.54, 1.807) is 12.1 Å². The summed E-state index contributed by atoms with van der Waals surface area (Å²) >= 11 is 0. The zero-order valence-corrected chi connectivity index (χ0v) is 20.8. The van der Waals surface area contributed by atoms with Gasteiger partial charge < -0.3 is 10.6 Å². The van der Waals surface area contributed by atoms with Gasteiger partial charge in [-0.1, -0.05) is 32.3 Å². The lowest BCUT2D eigenvalue weighted by Gasteiger charge is -2.31. The predicted octanol–water partition coefficient (Wildman–Crippen LogP) is 2.50. The van der Waals surface area contributed by atoms with Crippen LogP contribution in [0.15, 0.2) is 34.2 Å². The van der Waals surface area contributed by atoms with Gasteiger partial charge in [0.25, 0.3) is 10.0 Å². The molecule has 1 atom stereocenters. The number of nitrogens with zero attached hydrogens (tertiary/aromatic N) is 2. The highest BCUT2D eigenvalue weighted by Gasteiger charge is 2.26. The van der Waals surface area contributed by atoms with Crippen LogP contribution in [0.3, 0.4) is 0 Å². The van der Waals surface area contributed by atoms with Gasteiger partial charge in [-0.3, -0.25) is 24.2 Å². The van der Waals surface area contributed by atoms with Gasteiger partial charge in [-0.15, -0.1) is 0 Å². The van der Waals surface area contributed by atoms with Crippen LogP contribution in [0.1, 0.15) is 58.3 Å². The first-order valence-corrected chi connectivity index (χ1v) is 13.8. The summed E-state index contributed by atoms with van der Waals surface area (Å²) < 4.78 is 27.8. The van der Waals surface area contributed by atoms with E-state index in [2.05, 4.69) is 27.3 Å². The van der Waals surface area contributed by atoms with E-state index in [9.17, 15) is 18.0 Å². The number of piperidine rings is 1. The Morgan fingerprint density at radius 2 is 2.03 bits per heavy atom. The van der Waals surface area contributed by atoms with Crippen molar-refractivity contribution in [2.45, 2.75) is 63.2 Å². The van der Waals surface area contributed by atoms with Gasteiger partial charge in [0.2, 0.25) is 11.8 Å². The van der Waals surface area contributed by atoms with Gasteiger partial charge in [-0.2, -0.15) is 0 Å². The van der Waals surface area contributed by atoms with Crippen molar-refractivity contribution < 1.29 is 18.0 Å². The molecule has 3 N–H and O–H groups in total. The van der Waals surface area contributed by atoms with Gasteiger partial charge in [-0.25, -0.2) is 8.42 Å². The molecule has 1 saturated heterocycles. The number of rotatable bonds is 11. The molecular weight excluding hydrogens is 454 g/mol. The summed E-state index contributed by atoms with van der Waals surface area (Å²) in [7, 11) is -3.75. The summed E-state index contributed by atoms with van der Waals surface area (Å²) in [6, 6.07) is 6.20. The molecule has 1 aromatic rings. The van der Waals surface area contributed by atoms with Crippen molar-refractivity contribution in [3.05, 3.63) is 24.3 Å². The maximum atomic E-state index is 12.6. The highest BCUT2D eigenvalue weighted by Crippen LogP contribution is 2.19. The molecule has 9 nitrogen and oxygen atoms in total. The van der Waals surface area contributed by atoms with Gasteiger partial charge in [0, 0.05) is 31.7 Å². The standard InChI is InChI=1S/C24H37N5O4S/c1-2-3-4-5-13-26-24(31)19-9-8-15-29(17-19)18-23(30)27-20-10-6-11-21(16-20)34(32,33)28-22-12-7-14-25-22/h6,10-11,16,19H,2-5,7-9,12-15,17-18H2,1H3,(H,25,28)(H,26,31)(H,27,30)/t19-/m0/s1. The summed E-state index contributed by atoms with van der Waals surface area (Å²) in [6.45, 7) is 4.96. The van der Waals surface area contributed by atoms with E-state index in [0.717, 1.165) is 38.6 Å². The Balaban J connectivity index is 1.48. The fourth-order valence-electron chi connectivity index (χ4n) is 4.30. The number of likely N-dealkylation sites (tertiary alicyclic amines) is 1. The van der Waals surface area contributed by atoms with E-state index >= 15 is 0 Å². The molecule has 3 rings (SSSR count). The molecule has 0 unspecified atom stereocenters. The number of benzene rings is 1. The summed E-state index contributed by atoms with van der Waals surface area (Å²) in [5, 5.41) is 5.82. The van der Waals surface area contributed by atoms with Gasteiger partial charge in [0.15, 0.2) is 0 Å². The zero-order chi connectivity index (χ0) is 24.4. The average Bonchev–Trinajstić information content (AvgIpc) is 3.31. The largest absolute Gasteiger partial charge is 0.356 e. The van der Waals surface area contributed by atoms with E-state index in [-0.39, 0.29) is 29.2 Å². The number of amides is 2. The number of unbranched alkanes of at least 4 members (excludes halogenated alkanes) is 3. The van der Waals surface area contributed by atoms with Crippen LogP contribution in [0.2, 0.25) is 0 Å². The van der Waals surface area contributed by atoms with Crippen LogP contribution in [0.4, 0.5) is 5.69 Å². The Kier molecular flexibility index (Phi) is 9.88. The Morgan fingerprint density at radius 3 is 2.79 bits per heavy atom. The number of hydrogen-bond donors (Lipinski definition) is 3. The third kappa shape index (κ3) is 8.09. The molecule has 0 aliphatic carbocycles. The Labute approximate surface area is 202 Å².